The topological polar surface area (TPSA) is 91.3 Å². The Morgan fingerprint density at radius 3 is 2.58 bits per heavy atom. The predicted molar refractivity (Wildman–Crippen MR) is 121 cm³/mol. The largest absolute Gasteiger partial charge is 0.495 e. The third-order valence-corrected chi connectivity index (χ3v) is 6.21. The molecule has 0 aromatic heterocycles. The molecule has 10 heteroatoms. The minimum atomic E-state index is -1.20. The molecule has 0 spiro atoms. The van der Waals surface area contributed by atoms with Crippen LogP contribution in [0.15, 0.2) is 36.4 Å². The van der Waals surface area contributed by atoms with Gasteiger partial charge in [-0.15, -0.1) is 0 Å². The first-order valence-electron chi connectivity index (χ1n) is 10.7. The fourth-order valence-electron chi connectivity index (χ4n) is 4.14. The van der Waals surface area contributed by atoms with Crippen LogP contribution in [0.4, 0.5) is 14.9 Å². The van der Waals surface area contributed by atoms with Gasteiger partial charge in [0.25, 0.3) is 5.91 Å². The lowest BCUT2D eigenvalue weighted by atomic mass is 10.0. The fraction of sp³-hybridized carbons (Fsp3) is 0.391. The van der Waals surface area contributed by atoms with E-state index < -0.39 is 12.2 Å². The molecule has 2 aliphatic heterocycles. The third-order valence-electron chi connectivity index (χ3n) is 5.92. The number of nitrogens with one attached hydrogen (secondary N) is 1. The molecule has 2 aliphatic rings. The zero-order valence-electron chi connectivity index (χ0n) is 18.1. The third kappa shape index (κ3) is 5.31. The van der Waals surface area contributed by atoms with Gasteiger partial charge in [-0.05, 0) is 36.6 Å². The molecule has 1 fully saturated rings. The number of halogens is 2. The molecule has 2 N–H and O–H groups in total. The minimum Gasteiger partial charge on any atom is -0.495 e. The molecule has 4 rings (SSSR count). The highest BCUT2D eigenvalue weighted by atomic mass is 35.5. The second-order valence-corrected chi connectivity index (χ2v) is 8.55. The summed E-state index contributed by atoms with van der Waals surface area (Å²) in [4.78, 5) is 28.0. The summed E-state index contributed by atoms with van der Waals surface area (Å²) in [6.07, 6.45) is -0.686. The first-order chi connectivity index (χ1) is 15.8. The van der Waals surface area contributed by atoms with Crippen molar-refractivity contribution in [1.82, 2.24) is 10.2 Å². The highest BCUT2D eigenvalue weighted by molar-refractivity contribution is 6.32. The summed E-state index contributed by atoms with van der Waals surface area (Å²) in [5.74, 6) is -0.0666. The summed E-state index contributed by atoms with van der Waals surface area (Å²) in [7, 11) is 1.44. The summed E-state index contributed by atoms with van der Waals surface area (Å²) < 4.78 is 24.1. The van der Waals surface area contributed by atoms with Gasteiger partial charge in [-0.3, -0.25) is 14.6 Å². The number of piperidine rings is 1. The number of methoxy groups -OCH3 is 1. The number of carboxylic acid groups (broad SMARTS) is 1. The lowest BCUT2D eigenvalue weighted by Gasteiger charge is -2.35. The first kappa shape index (κ1) is 23.1. The van der Waals surface area contributed by atoms with Gasteiger partial charge in [0.15, 0.2) is 6.10 Å². The molecule has 0 bridgehead atoms. The van der Waals surface area contributed by atoms with E-state index in [1.54, 1.807) is 12.1 Å². The summed E-state index contributed by atoms with van der Waals surface area (Å²) in [6.45, 7) is 2.16. The van der Waals surface area contributed by atoms with Gasteiger partial charge in [0.05, 0.1) is 24.4 Å². The maximum Gasteiger partial charge on any atom is 0.412 e. The maximum absolute atomic E-state index is 13.1. The van der Waals surface area contributed by atoms with Gasteiger partial charge < -0.3 is 19.9 Å². The Morgan fingerprint density at radius 1 is 1.24 bits per heavy atom. The van der Waals surface area contributed by atoms with E-state index in [0.29, 0.717) is 5.75 Å². The molecular weight excluding hydrogens is 453 g/mol. The minimum absolute atomic E-state index is 0.0370. The van der Waals surface area contributed by atoms with Crippen molar-refractivity contribution >= 4 is 29.3 Å². The van der Waals surface area contributed by atoms with Crippen LogP contribution in [0.2, 0.25) is 5.02 Å². The SMILES string of the molecule is COc1cc2c(cc1Cl)N(C(=O)O)CC(C(=O)NC1CCN(Cc3ccc(F)cc3)CC1)O2. The van der Waals surface area contributed by atoms with Gasteiger partial charge in [0.1, 0.15) is 17.3 Å². The molecule has 1 atom stereocenters. The number of hydrogen-bond acceptors (Lipinski definition) is 5. The Kier molecular flexibility index (Phi) is 6.90. The van der Waals surface area contributed by atoms with Crippen molar-refractivity contribution in [2.24, 2.45) is 0 Å². The fourth-order valence-corrected chi connectivity index (χ4v) is 4.37. The number of amides is 2. The van der Waals surface area contributed by atoms with Crippen molar-refractivity contribution in [3.63, 3.8) is 0 Å². The monoisotopic (exact) mass is 477 g/mol. The average Bonchev–Trinajstić information content (AvgIpc) is 2.80. The summed E-state index contributed by atoms with van der Waals surface area (Å²) in [5.41, 5.74) is 1.31. The molecular formula is C23H25ClFN3O5. The Morgan fingerprint density at radius 2 is 1.94 bits per heavy atom. The molecule has 2 amide bonds. The molecule has 8 nitrogen and oxygen atoms in total. The lowest BCUT2D eigenvalue weighted by molar-refractivity contribution is -0.128. The number of anilines is 1. The Labute approximate surface area is 195 Å². The van der Waals surface area contributed by atoms with E-state index in [-0.39, 0.29) is 40.8 Å². The second kappa shape index (κ2) is 9.84. The Bertz CT molecular complexity index is 1030. The van der Waals surface area contributed by atoms with E-state index in [1.807, 2.05) is 0 Å². The molecule has 2 aromatic rings. The van der Waals surface area contributed by atoms with Crippen LogP contribution >= 0.6 is 11.6 Å². The zero-order valence-corrected chi connectivity index (χ0v) is 18.8. The average molecular weight is 478 g/mol. The van der Waals surface area contributed by atoms with Crippen LogP contribution in [0.3, 0.4) is 0 Å². The first-order valence-corrected chi connectivity index (χ1v) is 11.0. The highest BCUT2D eigenvalue weighted by Crippen LogP contribution is 2.41. The molecule has 176 valence electrons. The van der Waals surface area contributed by atoms with Crippen LogP contribution < -0.4 is 19.7 Å². The van der Waals surface area contributed by atoms with Crippen molar-refractivity contribution in [3.8, 4) is 11.5 Å². The number of hydrogen-bond donors (Lipinski definition) is 2. The number of nitrogens with zero attached hydrogens (tertiary/aromatic N) is 2. The van der Waals surface area contributed by atoms with E-state index >= 15 is 0 Å². The molecule has 1 unspecified atom stereocenters. The van der Waals surface area contributed by atoms with Crippen molar-refractivity contribution in [2.75, 3.05) is 31.6 Å². The summed E-state index contributed by atoms with van der Waals surface area (Å²) in [5, 5.41) is 12.9. The summed E-state index contributed by atoms with van der Waals surface area (Å²) >= 11 is 6.13. The van der Waals surface area contributed by atoms with E-state index in [0.717, 1.165) is 42.9 Å². The molecule has 0 radical (unpaired) electrons. The van der Waals surface area contributed by atoms with Gasteiger partial charge in [-0.25, -0.2) is 9.18 Å². The van der Waals surface area contributed by atoms with Crippen LogP contribution in [0.5, 0.6) is 11.5 Å². The van der Waals surface area contributed by atoms with Crippen LogP contribution in [0, 0.1) is 5.82 Å². The second-order valence-electron chi connectivity index (χ2n) is 8.14. The number of rotatable bonds is 5. The van der Waals surface area contributed by atoms with E-state index in [9.17, 15) is 19.1 Å². The van der Waals surface area contributed by atoms with Crippen LogP contribution in [-0.2, 0) is 11.3 Å². The number of likely N-dealkylation sites (tertiary alicyclic amines) is 1. The normalized spacial score (nSPS) is 18.9. The van der Waals surface area contributed by atoms with Crippen LogP contribution in [-0.4, -0.2) is 60.9 Å². The van der Waals surface area contributed by atoms with Gasteiger partial charge in [0.2, 0.25) is 0 Å². The van der Waals surface area contributed by atoms with E-state index in [4.69, 9.17) is 21.1 Å². The number of carbonyl (C=O) groups is 2. The predicted octanol–water partition coefficient (Wildman–Crippen LogP) is 3.51. The van der Waals surface area contributed by atoms with Crippen LogP contribution in [0.25, 0.3) is 0 Å². The standard InChI is InChI=1S/C23H25ClFN3O5/c1-32-19-11-20-18(10-17(19)24)28(23(30)31)13-21(33-20)22(29)26-16-6-8-27(9-7-16)12-14-2-4-15(25)5-3-14/h2-5,10-11,16,21H,6-9,12-13H2,1H3,(H,26,29)(H,30,31). The molecule has 0 aliphatic carbocycles. The quantitative estimate of drug-likeness (QED) is 0.684. The van der Waals surface area contributed by atoms with Crippen molar-refractivity contribution in [3.05, 3.63) is 52.8 Å². The zero-order chi connectivity index (χ0) is 23.5. The maximum atomic E-state index is 13.1. The van der Waals surface area contributed by atoms with Gasteiger partial charge in [-0.2, -0.15) is 0 Å². The van der Waals surface area contributed by atoms with E-state index in [1.165, 1.54) is 31.4 Å². The smallest absolute Gasteiger partial charge is 0.412 e. The molecule has 33 heavy (non-hydrogen) atoms. The van der Waals surface area contributed by atoms with Gasteiger partial charge in [0, 0.05) is 31.7 Å². The van der Waals surface area contributed by atoms with Gasteiger partial charge in [-0.1, -0.05) is 23.7 Å². The number of carbonyl (C=O) groups excluding carboxylic acids is 1. The van der Waals surface area contributed by atoms with Crippen LogP contribution in [0.1, 0.15) is 18.4 Å². The highest BCUT2D eigenvalue weighted by Gasteiger charge is 2.36. The lowest BCUT2D eigenvalue weighted by Crippen LogP contribution is -2.54. The number of fused-ring (bicyclic) bond motifs is 1. The Hall–Kier alpha value is -3.04. The van der Waals surface area contributed by atoms with Crippen molar-refractivity contribution in [1.29, 1.82) is 0 Å². The number of ether oxygens (including phenoxy) is 2. The number of benzene rings is 2. The molecule has 1 saturated heterocycles. The molecule has 0 saturated carbocycles. The Balaban J connectivity index is 1.36. The molecule has 2 aromatic carbocycles. The van der Waals surface area contributed by atoms with Crippen molar-refractivity contribution in [2.45, 2.75) is 31.5 Å². The molecule has 2 heterocycles. The van der Waals surface area contributed by atoms with E-state index in [2.05, 4.69) is 10.2 Å². The van der Waals surface area contributed by atoms with Gasteiger partial charge >= 0.3 is 6.09 Å². The van der Waals surface area contributed by atoms with Crippen molar-refractivity contribution < 1.29 is 28.6 Å². The summed E-state index contributed by atoms with van der Waals surface area (Å²) in [6, 6.07) is 9.36.